The van der Waals surface area contributed by atoms with Crippen LogP contribution in [0, 0.1) is 0 Å². The van der Waals surface area contributed by atoms with Crippen LogP contribution >= 0.6 is 15.9 Å². The molecule has 1 amide bonds. The molecule has 0 bridgehead atoms. The molecule has 1 fully saturated rings. The van der Waals surface area contributed by atoms with Crippen LogP contribution in [-0.4, -0.2) is 19.0 Å². The predicted molar refractivity (Wildman–Crippen MR) is 71.7 cm³/mol. The highest BCUT2D eigenvalue weighted by Gasteiger charge is 2.34. The Hall–Kier alpha value is -0.870. The third kappa shape index (κ3) is 2.87. The summed E-state index contributed by atoms with van der Waals surface area (Å²) in [6.45, 7) is 3.46. The van der Waals surface area contributed by atoms with Gasteiger partial charge in [-0.1, -0.05) is 28.1 Å². The first-order valence-corrected chi connectivity index (χ1v) is 6.67. The number of piperidine rings is 1. The largest absolute Gasteiger partial charge is 0.347 e. The van der Waals surface area contributed by atoms with Crippen molar-refractivity contribution in [3.8, 4) is 0 Å². The minimum atomic E-state index is -0.207. The summed E-state index contributed by atoms with van der Waals surface area (Å²) in [5.74, 6) is 0.0341. The van der Waals surface area contributed by atoms with Crippen molar-refractivity contribution >= 4 is 21.8 Å². The van der Waals surface area contributed by atoms with Crippen LogP contribution in [0.1, 0.15) is 25.3 Å². The van der Waals surface area contributed by atoms with Crippen LogP contribution in [0.4, 0.5) is 0 Å². The normalized spacial score (nSPS) is 18.7. The molecule has 1 aliphatic rings. The van der Waals surface area contributed by atoms with Gasteiger partial charge in [-0.15, -0.1) is 0 Å². The van der Waals surface area contributed by atoms with Gasteiger partial charge in [-0.2, -0.15) is 0 Å². The average Bonchev–Trinajstić information content (AvgIpc) is 2.29. The molecule has 1 aromatic carbocycles. The lowest BCUT2D eigenvalue weighted by atomic mass is 9.81. The Labute approximate surface area is 110 Å². The van der Waals surface area contributed by atoms with Crippen molar-refractivity contribution in [2.45, 2.75) is 25.3 Å². The van der Waals surface area contributed by atoms with Crippen LogP contribution in [0.5, 0.6) is 0 Å². The molecule has 3 nitrogen and oxygen atoms in total. The zero-order chi connectivity index (χ0) is 12.3. The smallest absolute Gasteiger partial charge is 0.217 e. The number of halogens is 1. The first-order valence-electron chi connectivity index (χ1n) is 5.88. The van der Waals surface area contributed by atoms with Crippen molar-refractivity contribution in [3.63, 3.8) is 0 Å². The fourth-order valence-corrected chi connectivity index (χ4v) is 2.86. The number of rotatable bonds is 2. The molecule has 2 N–H and O–H groups in total. The molecular formula is C13H17BrN2O. The fourth-order valence-electron chi connectivity index (χ4n) is 2.46. The minimum absolute atomic E-state index is 0.0341. The topological polar surface area (TPSA) is 41.1 Å². The van der Waals surface area contributed by atoms with Gasteiger partial charge in [-0.3, -0.25) is 4.79 Å². The summed E-state index contributed by atoms with van der Waals surface area (Å²) < 4.78 is 1.05. The lowest BCUT2D eigenvalue weighted by Crippen LogP contribution is -2.51. The second-order valence-corrected chi connectivity index (χ2v) is 5.44. The van der Waals surface area contributed by atoms with E-state index in [1.54, 1.807) is 6.92 Å². The number of hydrogen-bond acceptors (Lipinski definition) is 2. The Morgan fingerprint density at radius 3 is 2.71 bits per heavy atom. The highest BCUT2D eigenvalue weighted by Crippen LogP contribution is 2.32. The summed E-state index contributed by atoms with van der Waals surface area (Å²) in [5, 5.41) is 6.47. The molecule has 1 saturated heterocycles. The molecule has 0 unspecified atom stereocenters. The van der Waals surface area contributed by atoms with E-state index in [9.17, 15) is 4.79 Å². The molecule has 1 aliphatic heterocycles. The molecular weight excluding hydrogens is 280 g/mol. The summed E-state index contributed by atoms with van der Waals surface area (Å²) in [5.41, 5.74) is 0.976. The average molecular weight is 297 g/mol. The highest BCUT2D eigenvalue weighted by atomic mass is 79.9. The molecule has 0 aliphatic carbocycles. The molecule has 17 heavy (non-hydrogen) atoms. The molecule has 0 atom stereocenters. The van der Waals surface area contributed by atoms with Gasteiger partial charge in [0, 0.05) is 11.4 Å². The number of benzene rings is 1. The van der Waals surface area contributed by atoms with Gasteiger partial charge in [0.25, 0.3) is 0 Å². The second-order valence-electron chi connectivity index (χ2n) is 4.52. The van der Waals surface area contributed by atoms with Gasteiger partial charge in [0.15, 0.2) is 0 Å². The van der Waals surface area contributed by atoms with Gasteiger partial charge >= 0.3 is 0 Å². The molecule has 1 heterocycles. The van der Waals surface area contributed by atoms with Gasteiger partial charge < -0.3 is 10.6 Å². The van der Waals surface area contributed by atoms with Crippen molar-refractivity contribution in [3.05, 3.63) is 34.3 Å². The zero-order valence-electron chi connectivity index (χ0n) is 9.92. The van der Waals surface area contributed by atoms with E-state index in [4.69, 9.17) is 0 Å². The molecule has 0 aromatic heterocycles. The Kier molecular flexibility index (Phi) is 3.84. The molecule has 4 heteroatoms. The number of amides is 1. The molecule has 0 saturated carbocycles. The van der Waals surface area contributed by atoms with Crippen molar-refractivity contribution < 1.29 is 4.79 Å². The van der Waals surface area contributed by atoms with Crippen molar-refractivity contribution in [1.29, 1.82) is 0 Å². The molecule has 0 radical (unpaired) electrons. The Morgan fingerprint density at radius 2 is 2.12 bits per heavy atom. The van der Waals surface area contributed by atoms with E-state index in [1.807, 2.05) is 12.1 Å². The number of carbonyl (C=O) groups excluding carboxylic acids is 1. The Morgan fingerprint density at radius 1 is 1.41 bits per heavy atom. The number of hydrogen-bond donors (Lipinski definition) is 2. The van der Waals surface area contributed by atoms with E-state index >= 15 is 0 Å². The van der Waals surface area contributed by atoms with Gasteiger partial charge in [-0.05, 0) is 43.6 Å². The summed E-state index contributed by atoms with van der Waals surface area (Å²) in [7, 11) is 0. The van der Waals surface area contributed by atoms with E-state index in [1.165, 1.54) is 5.56 Å². The predicted octanol–water partition coefficient (Wildman–Crippen LogP) is 2.16. The van der Waals surface area contributed by atoms with Crippen molar-refractivity contribution in [2.75, 3.05) is 13.1 Å². The maximum absolute atomic E-state index is 11.4. The summed E-state index contributed by atoms with van der Waals surface area (Å²) in [6, 6.07) is 8.21. The van der Waals surface area contributed by atoms with Crippen LogP contribution < -0.4 is 10.6 Å². The maximum atomic E-state index is 11.4. The van der Waals surface area contributed by atoms with E-state index in [0.717, 1.165) is 30.4 Å². The SMILES string of the molecule is CC(=O)NC1(c2cccc(Br)c2)CCNCC1. The summed E-state index contributed by atoms with van der Waals surface area (Å²) in [6.07, 6.45) is 1.87. The van der Waals surface area contributed by atoms with Crippen molar-refractivity contribution in [1.82, 2.24) is 10.6 Å². The third-order valence-electron chi connectivity index (χ3n) is 3.25. The van der Waals surface area contributed by atoms with Crippen LogP contribution in [0.15, 0.2) is 28.7 Å². The summed E-state index contributed by atoms with van der Waals surface area (Å²) >= 11 is 3.49. The van der Waals surface area contributed by atoms with Crippen LogP contribution in [-0.2, 0) is 10.3 Å². The first-order chi connectivity index (χ1) is 8.12. The van der Waals surface area contributed by atoms with Gasteiger partial charge in [0.1, 0.15) is 0 Å². The molecule has 92 valence electrons. The Balaban J connectivity index is 2.35. The van der Waals surface area contributed by atoms with E-state index in [0.29, 0.717) is 0 Å². The standard InChI is InChI=1S/C13H17BrN2O/c1-10(17)16-13(5-7-15-8-6-13)11-3-2-4-12(14)9-11/h2-4,9,15H,5-8H2,1H3,(H,16,17). The monoisotopic (exact) mass is 296 g/mol. The van der Waals surface area contributed by atoms with Gasteiger partial charge in [-0.25, -0.2) is 0 Å². The fraction of sp³-hybridized carbons (Fsp3) is 0.462. The second kappa shape index (κ2) is 5.19. The molecule has 2 rings (SSSR count). The first kappa shape index (κ1) is 12.6. The van der Waals surface area contributed by atoms with Crippen LogP contribution in [0.2, 0.25) is 0 Å². The minimum Gasteiger partial charge on any atom is -0.347 e. The van der Waals surface area contributed by atoms with E-state index < -0.39 is 0 Å². The van der Waals surface area contributed by atoms with Crippen LogP contribution in [0.25, 0.3) is 0 Å². The third-order valence-corrected chi connectivity index (χ3v) is 3.74. The maximum Gasteiger partial charge on any atom is 0.217 e. The molecule has 0 spiro atoms. The number of nitrogens with one attached hydrogen (secondary N) is 2. The zero-order valence-corrected chi connectivity index (χ0v) is 11.5. The highest BCUT2D eigenvalue weighted by molar-refractivity contribution is 9.10. The lowest BCUT2D eigenvalue weighted by molar-refractivity contribution is -0.121. The lowest BCUT2D eigenvalue weighted by Gasteiger charge is -2.38. The quantitative estimate of drug-likeness (QED) is 0.878. The Bertz CT molecular complexity index is 414. The molecule has 1 aromatic rings. The van der Waals surface area contributed by atoms with E-state index in [2.05, 4.69) is 38.7 Å². The van der Waals surface area contributed by atoms with Gasteiger partial charge in [0.05, 0.1) is 5.54 Å². The number of carbonyl (C=O) groups is 1. The van der Waals surface area contributed by atoms with E-state index in [-0.39, 0.29) is 11.4 Å². The van der Waals surface area contributed by atoms with Crippen molar-refractivity contribution in [2.24, 2.45) is 0 Å². The summed E-state index contributed by atoms with van der Waals surface area (Å²) in [4.78, 5) is 11.4. The van der Waals surface area contributed by atoms with Crippen LogP contribution in [0.3, 0.4) is 0 Å². The van der Waals surface area contributed by atoms with Gasteiger partial charge in [0.2, 0.25) is 5.91 Å².